The fourth-order valence-corrected chi connectivity index (χ4v) is 2.07. The Morgan fingerprint density at radius 1 is 1.57 bits per heavy atom. The molecule has 1 saturated heterocycles. The van der Waals surface area contributed by atoms with Gasteiger partial charge >= 0.3 is 0 Å². The van der Waals surface area contributed by atoms with Gasteiger partial charge in [0.1, 0.15) is 0 Å². The summed E-state index contributed by atoms with van der Waals surface area (Å²) in [4.78, 5) is 13.9. The van der Waals surface area contributed by atoms with Crippen molar-refractivity contribution >= 4 is 5.91 Å². The molecule has 0 radical (unpaired) electrons. The molecule has 0 aromatic carbocycles. The van der Waals surface area contributed by atoms with Gasteiger partial charge in [-0.2, -0.15) is 0 Å². The highest BCUT2D eigenvalue weighted by Crippen LogP contribution is 2.21. The Morgan fingerprint density at radius 3 is 2.86 bits per heavy atom. The SMILES string of the molecule is CNCCC1CCCN1C(=O)C(C)C. The number of carbonyl (C=O) groups excluding carboxylic acids is 1. The van der Waals surface area contributed by atoms with Crippen LogP contribution in [-0.2, 0) is 4.79 Å². The van der Waals surface area contributed by atoms with Crippen LogP contribution in [0, 0.1) is 5.92 Å². The maximum absolute atomic E-state index is 11.8. The molecule has 0 aliphatic carbocycles. The van der Waals surface area contributed by atoms with E-state index in [0.29, 0.717) is 11.9 Å². The molecule has 1 amide bonds. The Kier molecular flexibility index (Phi) is 4.39. The van der Waals surface area contributed by atoms with E-state index in [1.165, 1.54) is 12.8 Å². The van der Waals surface area contributed by atoms with Crippen molar-refractivity contribution in [3.8, 4) is 0 Å². The standard InChI is InChI=1S/C11H22N2O/c1-9(2)11(14)13-8-4-5-10(13)6-7-12-3/h9-10,12H,4-8H2,1-3H3. The predicted molar refractivity (Wildman–Crippen MR) is 58.1 cm³/mol. The van der Waals surface area contributed by atoms with Crippen LogP contribution in [0.15, 0.2) is 0 Å². The summed E-state index contributed by atoms with van der Waals surface area (Å²) in [5.41, 5.74) is 0. The van der Waals surface area contributed by atoms with Gasteiger partial charge in [-0.25, -0.2) is 0 Å². The summed E-state index contributed by atoms with van der Waals surface area (Å²) >= 11 is 0. The molecule has 0 saturated carbocycles. The topological polar surface area (TPSA) is 32.3 Å². The molecular weight excluding hydrogens is 176 g/mol. The van der Waals surface area contributed by atoms with E-state index in [2.05, 4.69) is 10.2 Å². The molecule has 0 aromatic rings. The highest BCUT2D eigenvalue weighted by atomic mass is 16.2. The molecule has 1 atom stereocenters. The van der Waals surface area contributed by atoms with Crippen LogP contribution in [0.25, 0.3) is 0 Å². The van der Waals surface area contributed by atoms with Crippen molar-refractivity contribution in [2.45, 2.75) is 39.2 Å². The lowest BCUT2D eigenvalue weighted by Crippen LogP contribution is -2.39. The Morgan fingerprint density at radius 2 is 2.29 bits per heavy atom. The molecule has 0 aromatic heterocycles. The minimum atomic E-state index is 0.144. The molecule has 0 bridgehead atoms. The van der Waals surface area contributed by atoms with Gasteiger partial charge in [-0.05, 0) is 32.9 Å². The highest BCUT2D eigenvalue weighted by molar-refractivity contribution is 5.78. The van der Waals surface area contributed by atoms with Crippen LogP contribution in [-0.4, -0.2) is 37.0 Å². The molecule has 1 rings (SSSR count). The Balaban J connectivity index is 2.46. The first-order valence-electron chi connectivity index (χ1n) is 5.62. The van der Waals surface area contributed by atoms with Gasteiger partial charge in [-0.1, -0.05) is 13.8 Å². The van der Waals surface area contributed by atoms with E-state index < -0.39 is 0 Å². The van der Waals surface area contributed by atoms with Gasteiger partial charge < -0.3 is 10.2 Å². The minimum Gasteiger partial charge on any atom is -0.339 e. The lowest BCUT2D eigenvalue weighted by molar-refractivity contribution is -0.135. The number of likely N-dealkylation sites (tertiary alicyclic amines) is 1. The van der Waals surface area contributed by atoms with Gasteiger partial charge in [-0.3, -0.25) is 4.79 Å². The minimum absolute atomic E-state index is 0.144. The van der Waals surface area contributed by atoms with Crippen LogP contribution < -0.4 is 5.32 Å². The third-order valence-electron chi connectivity index (χ3n) is 2.88. The third-order valence-corrected chi connectivity index (χ3v) is 2.88. The smallest absolute Gasteiger partial charge is 0.225 e. The van der Waals surface area contributed by atoms with Crippen molar-refractivity contribution in [2.24, 2.45) is 5.92 Å². The third kappa shape index (κ3) is 2.71. The van der Waals surface area contributed by atoms with Crippen molar-refractivity contribution in [2.75, 3.05) is 20.1 Å². The van der Waals surface area contributed by atoms with Crippen LogP contribution in [0.4, 0.5) is 0 Å². The molecule has 3 heteroatoms. The van der Waals surface area contributed by atoms with Crippen LogP contribution in [0.3, 0.4) is 0 Å². The summed E-state index contributed by atoms with van der Waals surface area (Å²) in [6.45, 7) is 5.93. The number of hydrogen-bond donors (Lipinski definition) is 1. The zero-order valence-corrected chi connectivity index (χ0v) is 9.55. The Bertz CT molecular complexity index is 192. The summed E-state index contributed by atoms with van der Waals surface area (Å²) in [6, 6.07) is 0.484. The molecule has 1 unspecified atom stereocenters. The van der Waals surface area contributed by atoms with E-state index in [9.17, 15) is 4.79 Å². The average Bonchev–Trinajstić information content (AvgIpc) is 2.61. The Hall–Kier alpha value is -0.570. The number of nitrogens with one attached hydrogen (secondary N) is 1. The zero-order chi connectivity index (χ0) is 10.6. The molecule has 3 nitrogen and oxygen atoms in total. The summed E-state index contributed by atoms with van der Waals surface area (Å²) in [5.74, 6) is 0.466. The molecule has 82 valence electrons. The van der Waals surface area contributed by atoms with E-state index in [0.717, 1.165) is 19.5 Å². The predicted octanol–water partition coefficient (Wildman–Crippen LogP) is 1.24. The van der Waals surface area contributed by atoms with E-state index >= 15 is 0 Å². The second-order valence-electron chi connectivity index (χ2n) is 4.37. The van der Waals surface area contributed by atoms with E-state index in [4.69, 9.17) is 0 Å². The van der Waals surface area contributed by atoms with Crippen LogP contribution in [0.2, 0.25) is 0 Å². The second kappa shape index (κ2) is 5.35. The molecule has 1 fully saturated rings. The molecular formula is C11H22N2O. The largest absolute Gasteiger partial charge is 0.339 e. The number of nitrogens with zero attached hydrogens (tertiary/aromatic N) is 1. The van der Waals surface area contributed by atoms with Gasteiger partial charge in [0.25, 0.3) is 0 Å². The number of amides is 1. The lowest BCUT2D eigenvalue weighted by Gasteiger charge is -2.26. The van der Waals surface area contributed by atoms with Gasteiger partial charge in [0, 0.05) is 18.5 Å². The maximum Gasteiger partial charge on any atom is 0.225 e. The van der Waals surface area contributed by atoms with E-state index in [1.54, 1.807) is 0 Å². The van der Waals surface area contributed by atoms with Crippen molar-refractivity contribution in [3.63, 3.8) is 0 Å². The first-order valence-corrected chi connectivity index (χ1v) is 5.62. The van der Waals surface area contributed by atoms with Gasteiger partial charge in [-0.15, -0.1) is 0 Å². The van der Waals surface area contributed by atoms with E-state index in [1.807, 2.05) is 20.9 Å². The van der Waals surface area contributed by atoms with Crippen molar-refractivity contribution in [1.82, 2.24) is 10.2 Å². The summed E-state index contributed by atoms with van der Waals surface area (Å²) < 4.78 is 0. The van der Waals surface area contributed by atoms with Gasteiger partial charge in [0.05, 0.1) is 0 Å². The van der Waals surface area contributed by atoms with Crippen LogP contribution in [0.1, 0.15) is 33.1 Å². The van der Waals surface area contributed by atoms with Crippen molar-refractivity contribution in [3.05, 3.63) is 0 Å². The number of carbonyl (C=O) groups is 1. The maximum atomic E-state index is 11.8. The van der Waals surface area contributed by atoms with Crippen molar-refractivity contribution in [1.29, 1.82) is 0 Å². The monoisotopic (exact) mass is 198 g/mol. The normalized spacial score (nSPS) is 22.0. The molecule has 0 spiro atoms. The zero-order valence-electron chi connectivity index (χ0n) is 9.55. The summed E-state index contributed by atoms with van der Waals surface area (Å²) in [5, 5.41) is 3.15. The number of rotatable bonds is 4. The van der Waals surface area contributed by atoms with Gasteiger partial charge in [0.15, 0.2) is 0 Å². The fraction of sp³-hybridized carbons (Fsp3) is 0.909. The molecule has 1 aliphatic heterocycles. The van der Waals surface area contributed by atoms with Crippen molar-refractivity contribution < 1.29 is 4.79 Å². The first kappa shape index (κ1) is 11.5. The molecule has 1 aliphatic rings. The van der Waals surface area contributed by atoms with Crippen LogP contribution in [0.5, 0.6) is 0 Å². The lowest BCUT2D eigenvalue weighted by atomic mass is 10.1. The fourth-order valence-electron chi connectivity index (χ4n) is 2.07. The average molecular weight is 198 g/mol. The van der Waals surface area contributed by atoms with Gasteiger partial charge in [0.2, 0.25) is 5.91 Å². The first-order chi connectivity index (χ1) is 6.66. The quantitative estimate of drug-likeness (QED) is 0.737. The highest BCUT2D eigenvalue weighted by Gasteiger charge is 2.29. The molecule has 1 heterocycles. The molecule has 14 heavy (non-hydrogen) atoms. The Labute approximate surface area is 86.9 Å². The van der Waals surface area contributed by atoms with Crippen LogP contribution >= 0.6 is 0 Å². The number of hydrogen-bond acceptors (Lipinski definition) is 2. The molecule has 1 N–H and O–H groups in total. The summed E-state index contributed by atoms with van der Waals surface area (Å²) in [6.07, 6.45) is 3.45. The van der Waals surface area contributed by atoms with E-state index in [-0.39, 0.29) is 5.92 Å². The second-order valence-corrected chi connectivity index (χ2v) is 4.37. The summed E-state index contributed by atoms with van der Waals surface area (Å²) in [7, 11) is 1.96.